The molecule has 2 aromatic heterocycles. The number of amides is 1. The van der Waals surface area contributed by atoms with E-state index in [4.69, 9.17) is 11.6 Å². The molecular formula is C17H17BrClN5O. The predicted octanol–water partition coefficient (Wildman–Crippen LogP) is 4.05. The molecular weight excluding hydrogens is 406 g/mol. The molecule has 0 aliphatic heterocycles. The predicted molar refractivity (Wildman–Crippen MR) is 101 cm³/mol. The maximum Gasteiger partial charge on any atom is 0.249 e. The van der Waals surface area contributed by atoms with Crippen molar-refractivity contribution in [2.24, 2.45) is 0 Å². The van der Waals surface area contributed by atoms with Gasteiger partial charge in [-0.15, -0.1) is 0 Å². The van der Waals surface area contributed by atoms with E-state index in [1.807, 2.05) is 31.2 Å². The van der Waals surface area contributed by atoms with Crippen molar-refractivity contribution in [1.82, 2.24) is 19.6 Å². The number of rotatable bonds is 5. The highest BCUT2D eigenvalue weighted by atomic mass is 79.9. The van der Waals surface area contributed by atoms with Gasteiger partial charge in [0, 0.05) is 17.4 Å². The number of halogens is 2. The Bertz CT molecular complexity index is 885. The van der Waals surface area contributed by atoms with Gasteiger partial charge >= 0.3 is 0 Å². The molecule has 0 saturated carbocycles. The lowest BCUT2D eigenvalue weighted by Crippen LogP contribution is -2.23. The number of benzene rings is 1. The summed E-state index contributed by atoms with van der Waals surface area (Å²) in [5.74, 6) is -0.155. The maximum atomic E-state index is 12.4. The molecule has 3 rings (SSSR count). The number of nitrogens with one attached hydrogen (secondary N) is 1. The molecule has 0 spiro atoms. The van der Waals surface area contributed by atoms with Gasteiger partial charge in [0.25, 0.3) is 0 Å². The second-order valence-electron chi connectivity index (χ2n) is 5.76. The molecule has 0 radical (unpaired) electrons. The van der Waals surface area contributed by atoms with Gasteiger partial charge in [-0.2, -0.15) is 10.2 Å². The number of carbonyl (C=O) groups is 1. The first-order valence-corrected chi connectivity index (χ1v) is 8.88. The number of aryl methyl sites for hydroxylation is 1. The molecule has 0 aliphatic carbocycles. The van der Waals surface area contributed by atoms with E-state index in [-0.39, 0.29) is 5.91 Å². The molecule has 0 saturated heterocycles. The van der Waals surface area contributed by atoms with Gasteiger partial charge in [-0.05, 0) is 47.5 Å². The van der Waals surface area contributed by atoms with Crippen molar-refractivity contribution in [1.29, 1.82) is 0 Å². The molecule has 0 bridgehead atoms. The molecule has 0 aliphatic rings. The summed E-state index contributed by atoms with van der Waals surface area (Å²) >= 11 is 9.40. The fourth-order valence-corrected chi connectivity index (χ4v) is 2.86. The lowest BCUT2D eigenvalue weighted by atomic mass is 10.2. The van der Waals surface area contributed by atoms with Gasteiger partial charge < -0.3 is 5.32 Å². The van der Waals surface area contributed by atoms with E-state index >= 15 is 0 Å². The van der Waals surface area contributed by atoms with Crippen LogP contribution in [0.3, 0.4) is 0 Å². The average Bonchev–Trinajstić information content (AvgIpc) is 3.13. The van der Waals surface area contributed by atoms with Crippen molar-refractivity contribution in [3.63, 3.8) is 0 Å². The summed E-state index contributed by atoms with van der Waals surface area (Å²) in [5, 5.41) is 12.1. The molecule has 0 unspecified atom stereocenters. The van der Waals surface area contributed by atoms with E-state index in [0.717, 1.165) is 15.7 Å². The van der Waals surface area contributed by atoms with E-state index in [9.17, 15) is 4.79 Å². The second kappa shape index (κ2) is 7.41. The normalized spacial score (nSPS) is 12.2. The number of hydrogen-bond donors (Lipinski definition) is 1. The lowest BCUT2D eigenvalue weighted by molar-refractivity contribution is -0.119. The molecule has 1 aromatic carbocycles. The smallest absolute Gasteiger partial charge is 0.249 e. The fraction of sp³-hybridized carbons (Fsp3) is 0.235. The van der Waals surface area contributed by atoms with Gasteiger partial charge in [0.2, 0.25) is 5.91 Å². The summed E-state index contributed by atoms with van der Waals surface area (Å²) in [7, 11) is 0. The maximum absolute atomic E-state index is 12.4. The topological polar surface area (TPSA) is 64.7 Å². The molecule has 0 fully saturated rings. The largest absolute Gasteiger partial charge is 0.322 e. The number of aromatic nitrogens is 4. The zero-order chi connectivity index (χ0) is 18.0. The molecule has 1 amide bonds. The van der Waals surface area contributed by atoms with Gasteiger partial charge in [0.15, 0.2) is 0 Å². The highest BCUT2D eigenvalue weighted by Gasteiger charge is 2.17. The van der Waals surface area contributed by atoms with Crippen LogP contribution in [-0.4, -0.2) is 25.5 Å². The molecule has 130 valence electrons. The Morgan fingerprint density at radius 3 is 2.88 bits per heavy atom. The van der Waals surface area contributed by atoms with Crippen LogP contribution in [0.25, 0.3) is 0 Å². The van der Waals surface area contributed by atoms with E-state index in [1.165, 1.54) is 0 Å². The van der Waals surface area contributed by atoms with Crippen molar-refractivity contribution >= 4 is 39.1 Å². The summed E-state index contributed by atoms with van der Waals surface area (Å²) < 4.78 is 4.26. The zero-order valence-electron chi connectivity index (χ0n) is 13.8. The van der Waals surface area contributed by atoms with Crippen molar-refractivity contribution < 1.29 is 4.79 Å². The van der Waals surface area contributed by atoms with Crippen LogP contribution < -0.4 is 5.32 Å². The summed E-state index contributed by atoms with van der Waals surface area (Å²) in [6, 6.07) is 7.17. The minimum Gasteiger partial charge on any atom is -0.322 e. The Morgan fingerprint density at radius 2 is 2.20 bits per heavy atom. The van der Waals surface area contributed by atoms with Gasteiger partial charge in [-0.1, -0.05) is 23.7 Å². The first-order chi connectivity index (χ1) is 11.9. The van der Waals surface area contributed by atoms with Crippen LogP contribution in [0.4, 0.5) is 5.69 Å². The monoisotopic (exact) mass is 421 g/mol. The molecule has 3 aromatic rings. The second-order valence-corrected chi connectivity index (χ2v) is 7.05. The summed E-state index contributed by atoms with van der Waals surface area (Å²) in [6.07, 6.45) is 5.21. The van der Waals surface area contributed by atoms with Crippen molar-refractivity contribution in [2.75, 3.05) is 5.32 Å². The first kappa shape index (κ1) is 17.7. The third kappa shape index (κ3) is 4.29. The summed E-state index contributed by atoms with van der Waals surface area (Å²) in [5.41, 5.74) is 2.52. The van der Waals surface area contributed by atoms with Crippen molar-refractivity contribution in [3.05, 3.63) is 63.6 Å². The van der Waals surface area contributed by atoms with Gasteiger partial charge in [-0.3, -0.25) is 14.2 Å². The molecule has 6 nitrogen and oxygen atoms in total. The van der Waals surface area contributed by atoms with Crippen molar-refractivity contribution in [3.8, 4) is 0 Å². The van der Waals surface area contributed by atoms with Crippen LogP contribution in [0.5, 0.6) is 0 Å². The minimum absolute atomic E-state index is 0.155. The molecule has 25 heavy (non-hydrogen) atoms. The SMILES string of the molecule is Cc1nn([C@@H](C)C(=O)Nc2cnn(Cc3cccc(Cl)c3)c2)cc1Br. The van der Waals surface area contributed by atoms with Gasteiger partial charge in [0.05, 0.1) is 28.6 Å². The standard InChI is InChI=1S/C17H17BrClN5O/c1-11-16(18)10-24(22-11)12(2)17(25)21-15-7-20-23(9-15)8-13-4-3-5-14(19)6-13/h3-7,9-10,12H,8H2,1-2H3,(H,21,25)/t12-/m0/s1. The third-order valence-corrected chi connectivity index (χ3v) is 4.78. The van der Waals surface area contributed by atoms with E-state index in [2.05, 4.69) is 31.4 Å². The Morgan fingerprint density at radius 1 is 1.40 bits per heavy atom. The first-order valence-electron chi connectivity index (χ1n) is 7.71. The van der Waals surface area contributed by atoms with Crippen LogP contribution in [-0.2, 0) is 11.3 Å². The number of carbonyl (C=O) groups excluding carboxylic acids is 1. The molecule has 1 atom stereocenters. The van der Waals surface area contributed by atoms with E-state index in [1.54, 1.807) is 34.9 Å². The lowest BCUT2D eigenvalue weighted by Gasteiger charge is -2.11. The van der Waals surface area contributed by atoms with Crippen LogP contribution in [0.2, 0.25) is 5.02 Å². The minimum atomic E-state index is -0.429. The van der Waals surface area contributed by atoms with Crippen LogP contribution in [0.1, 0.15) is 24.2 Å². The number of anilines is 1. The third-order valence-electron chi connectivity index (χ3n) is 3.77. The average molecular weight is 423 g/mol. The zero-order valence-corrected chi connectivity index (χ0v) is 16.1. The van der Waals surface area contributed by atoms with E-state index in [0.29, 0.717) is 17.3 Å². The molecule has 2 heterocycles. The molecule has 1 N–H and O–H groups in total. The Kier molecular flexibility index (Phi) is 5.24. The number of hydrogen-bond acceptors (Lipinski definition) is 3. The van der Waals surface area contributed by atoms with Crippen LogP contribution in [0.15, 0.2) is 47.3 Å². The quantitative estimate of drug-likeness (QED) is 0.674. The van der Waals surface area contributed by atoms with Gasteiger partial charge in [0.1, 0.15) is 6.04 Å². The van der Waals surface area contributed by atoms with Gasteiger partial charge in [-0.25, -0.2) is 0 Å². The molecule has 8 heteroatoms. The van der Waals surface area contributed by atoms with Crippen LogP contribution >= 0.6 is 27.5 Å². The highest BCUT2D eigenvalue weighted by molar-refractivity contribution is 9.10. The van der Waals surface area contributed by atoms with Crippen LogP contribution in [0, 0.1) is 6.92 Å². The number of nitrogens with zero attached hydrogens (tertiary/aromatic N) is 4. The highest BCUT2D eigenvalue weighted by Crippen LogP contribution is 2.18. The Labute approximate surface area is 158 Å². The summed E-state index contributed by atoms with van der Waals surface area (Å²) in [4.78, 5) is 12.4. The van der Waals surface area contributed by atoms with Crippen molar-refractivity contribution in [2.45, 2.75) is 26.4 Å². The fourth-order valence-electron chi connectivity index (χ4n) is 2.36. The summed E-state index contributed by atoms with van der Waals surface area (Å²) in [6.45, 7) is 4.26. The Balaban J connectivity index is 1.65. The van der Waals surface area contributed by atoms with E-state index < -0.39 is 6.04 Å². The Hall–Kier alpha value is -2.12.